The molecule has 2 unspecified atom stereocenters. The van der Waals surface area contributed by atoms with E-state index in [1.807, 2.05) is 6.21 Å². The van der Waals surface area contributed by atoms with E-state index in [1.165, 1.54) is 18.5 Å². The molecule has 3 fully saturated rings. The molecule has 3 saturated heterocycles. The first kappa shape index (κ1) is 24.1. The quantitative estimate of drug-likeness (QED) is 0.552. The fraction of sp³-hybridized carbons (Fsp3) is 0.680. The number of piperazine rings is 1. The van der Waals surface area contributed by atoms with Crippen molar-refractivity contribution in [2.75, 3.05) is 52.4 Å². The molecule has 0 bridgehead atoms. The van der Waals surface area contributed by atoms with E-state index in [-0.39, 0.29) is 12.1 Å². The number of benzene rings is 1. The van der Waals surface area contributed by atoms with Gasteiger partial charge in [0.25, 0.3) is 0 Å². The molecular weight excluding hydrogens is 418 g/mol. The summed E-state index contributed by atoms with van der Waals surface area (Å²) < 4.78 is 0. The lowest BCUT2D eigenvalue weighted by Crippen LogP contribution is -2.44. The van der Waals surface area contributed by atoms with Gasteiger partial charge in [-0.15, -0.1) is 0 Å². The normalized spacial score (nSPS) is 25.8. The van der Waals surface area contributed by atoms with Crippen LogP contribution >= 0.6 is 0 Å². The highest BCUT2D eigenvalue weighted by Crippen LogP contribution is 2.27. The Morgan fingerprint density at radius 2 is 1.85 bits per heavy atom. The fourth-order valence-electron chi connectivity index (χ4n) is 5.12. The van der Waals surface area contributed by atoms with Crippen LogP contribution in [0.1, 0.15) is 56.2 Å². The number of piperidine rings is 1. The Hall–Kier alpha value is -2.00. The average Bonchev–Trinajstić information content (AvgIpc) is 3.29. The number of hydroxylamine groups is 1. The maximum atomic E-state index is 10.9. The van der Waals surface area contributed by atoms with Gasteiger partial charge in [-0.1, -0.05) is 31.2 Å². The summed E-state index contributed by atoms with van der Waals surface area (Å²) in [4.78, 5) is 21.7. The molecule has 0 spiro atoms. The Balaban J connectivity index is 1.19. The summed E-state index contributed by atoms with van der Waals surface area (Å²) in [6.07, 6.45) is 6.52. The van der Waals surface area contributed by atoms with Gasteiger partial charge in [-0.3, -0.25) is 19.5 Å². The molecule has 182 valence electrons. The van der Waals surface area contributed by atoms with Crippen LogP contribution in [0.4, 0.5) is 0 Å². The number of nitrogens with zero attached hydrogens (tertiary/aromatic N) is 4. The van der Waals surface area contributed by atoms with Crippen molar-refractivity contribution in [1.82, 2.24) is 20.3 Å². The molecule has 8 nitrogen and oxygen atoms in total. The lowest BCUT2D eigenvalue weighted by atomic mass is 9.93. The Morgan fingerprint density at radius 3 is 2.52 bits per heavy atom. The molecule has 33 heavy (non-hydrogen) atoms. The van der Waals surface area contributed by atoms with Gasteiger partial charge in [0.1, 0.15) is 0 Å². The van der Waals surface area contributed by atoms with E-state index in [0.29, 0.717) is 12.3 Å². The number of likely N-dealkylation sites (tertiary alicyclic amines) is 1. The van der Waals surface area contributed by atoms with E-state index in [9.17, 15) is 4.79 Å². The lowest BCUT2D eigenvalue weighted by molar-refractivity contribution is -0.138. The fourth-order valence-corrected chi connectivity index (χ4v) is 5.12. The molecule has 2 N–H and O–H groups in total. The molecule has 2 atom stereocenters. The minimum absolute atomic E-state index is 0.165. The van der Waals surface area contributed by atoms with Crippen LogP contribution in [0.5, 0.6) is 0 Å². The van der Waals surface area contributed by atoms with Gasteiger partial charge in [-0.2, -0.15) is 10.6 Å². The Kier molecular flexibility index (Phi) is 8.72. The minimum Gasteiger partial charge on any atom is -0.481 e. The maximum absolute atomic E-state index is 10.9. The zero-order valence-corrected chi connectivity index (χ0v) is 19.9. The lowest BCUT2D eigenvalue weighted by Gasteiger charge is -2.32. The highest BCUT2D eigenvalue weighted by Gasteiger charge is 2.30. The van der Waals surface area contributed by atoms with Crippen molar-refractivity contribution in [1.29, 1.82) is 0 Å². The summed E-state index contributed by atoms with van der Waals surface area (Å²) in [5, 5.41) is 15.8. The Bertz CT molecular complexity index is 771. The first-order valence-electron chi connectivity index (χ1n) is 12.6. The molecule has 3 heterocycles. The predicted octanol–water partition coefficient (Wildman–Crippen LogP) is 2.57. The van der Waals surface area contributed by atoms with Gasteiger partial charge in [-0.05, 0) is 62.4 Å². The maximum Gasteiger partial charge on any atom is 0.303 e. The number of hydrazone groups is 1. The van der Waals surface area contributed by atoms with Crippen LogP contribution in [0.2, 0.25) is 0 Å². The first-order chi connectivity index (χ1) is 16.1. The van der Waals surface area contributed by atoms with E-state index >= 15 is 0 Å². The second kappa shape index (κ2) is 11.9. The third-order valence-electron chi connectivity index (χ3n) is 7.11. The smallest absolute Gasteiger partial charge is 0.303 e. The van der Waals surface area contributed by atoms with Crippen molar-refractivity contribution in [2.24, 2.45) is 11.0 Å². The van der Waals surface area contributed by atoms with Gasteiger partial charge in [0.2, 0.25) is 0 Å². The monoisotopic (exact) mass is 457 g/mol. The first-order valence-corrected chi connectivity index (χ1v) is 12.6. The Labute approximate surface area is 197 Å². The van der Waals surface area contributed by atoms with Crippen LogP contribution in [0, 0.1) is 5.92 Å². The average molecular weight is 458 g/mol. The molecule has 4 rings (SSSR count). The summed E-state index contributed by atoms with van der Waals surface area (Å²) in [7, 11) is 0. The van der Waals surface area contributed by atoms with Crippen molar-refractivity contribution in [2.45, 2.75) is 51.2 Å². The molecular formula is C25H39N5O3. The summed E-state index contributed by atoms with van der Waals surface area (Å²) in [6.45, 7) is 10.4. The molecule has 3 aliphatic rings. The molecule has 1 aromatic carbocycles. The largest absolute Gasteiger partial charge is 0.481 e. The molecule has 0 aromatic heterocycles. The number of hydrogen-bond acceptors (Lipinski definition) is 7. The third-order valence-corrected chi connectivity index (χ3v) is 7.11. The van der Waals surface area contributed by atoms with Crippen molar-refractivity contribution in [3.63, 3.8) is 0 Å². The summed E-state index contributed by atoms with van der Waals surface area (Å²) in [6, 6.07) is 8.81. The van der Waals surface area contributed by atoms with Crippen molar-refractivity contribution in [3.05, 3.63) is 35.4 Å². The molecule has 0 amide bonds. The van der Waals surface area contributed by atoms with Crippen molar-refractivity contribution >= 4 is 12.2 Å². The van der Waals surface area contributed by atoms with Gasteiger partial charge >= 0.3 is 5.97 Å². The number of carboxylic acid groups (broad SMARTS) is 1. The van der Waals surface area contributed by atoms with E-state index in [0.717, 1.165) is 70.6 Å². The van der Waals surface area contributed by atoms with Gasteiger partial charge in [0.05, 0.1) is 18.4 Å². The molecule has 1 aromatic rings. The molecule has 0 radical (unpaired) electrons. The van der Waals surface area contributed by atoms with Crippen LogP contribution in [0.15, 0.2) is 29.4 Å². The van der Waals surface area contributed by atoms with E-state index in [1.54, 1.807) is 0 Å². The number of carbonyl (C=O) groups is 1. The highest BCUT2D eigenvalue weighted by atomic mass is 16.7. The van der Waals surface area contributed by atoms with Gasteiger partial charge < -0.3 is 10.0 Å². The van der Waals surface area contributed by atoms with Crippen molar-refractivity contribution < 1.29 is 14.7 Å². The Morgan fingerprint density at radius 1 is 1.12 bits per heavy atom. The van der Waals surface area contributed by atoms with Crippen LogP contribution in [-0.4, -0.2) is 90.6 Å². The van der Waals surface area contributed by atoms with Crippen LogP contribution in [0.25, 0.3) is 0 Å². The standard InChI is InChI=1S/C25H39N5O3/c1-2-9-28-12-14-30(15-13-28)26-18-21-3-5-22(6-4-21)24-17-23(33-27-24)19-29-10-7-20(8-11-29)16-25(31)32/h3-6,18,20,23-24,27H,2,7-17,19H2,1H3,(H,31,32). The van der Waals surface area contributed by atoms with Gasteiger partial charge in [-0.25, -0.2) is 0 Å². The molecule has 0 saturated carbocycles. The zero-order chi connectivity index (χ0) is 23.0. The van der Waals surface area contributed by atoms with E-state index in [4.69, 9.17) is 9.94 Å². The molecule has 8 heteroatoms. The number of carboxylic acids is 1. The van der Waals surface area contributed by atoms with E-state index in [2.05, 4.69) is 56.6 Å². The van der Waals surface area contributed by atoms with Gasteiger partial charge in [0.15, 0.2) is 0 Å². The van der Waals surface area contributed by atoms with Crippen molar-refractivity contribution in [3.8, 4) is 0 Å². The number of rotatable bonds is 9. The highest BCUT2D eigenvalue weighted by molar-refractivity contribution is 5.79. The summed E-state index contributed by atoms with van der Waals surface area (Å²) in [5.74, 6) is -0.357. The SMILES string of the molecule is CCCN1CCN(N=Cc2ccc(C3CC(CN4CCC(CC(=O)O)CC4)ON3)cc2)CC1. The summed E-state index contributed by atoms with van der Waals surface area (Å²) in [5.41, 5.74) is 5.57. The third kappa shape index (κ3) is 7.24. The second-order valence-electron chi connectivity index (χ2n) is 9.69. The number of hydrogen-bond donors (Lipinski definition) is 2. The minimum atomic E-state index is -0.679. The molecule has 0 aliphatic carbocycles. The van der Waals surface area contributed by atoms with E-state index < -0.39 is 5.97 Å². The topological polar surface area (TPSA) is 80.6 Å². The predicted molar refractivity (Wildman–Crippen MR) is 129 cm³/mol. The number of nitrogens with one attached hydrogen (secondary N) is 1. The van der Waals surface area contributed by atoms with Crippen LogP contribution in [0.3, 0.4) is 0 Å². The number of aliphatic carboxylic acids is 1. The molecule has 3 aliphatic heterocycles. The second-order valence-corrected chi connectivity index (χ2v) is 9.69. The van der Waals surface area contributed by atoms with Crippen LogP contribution < -0.4 is 5.48 Å². The summed E-state index contributed by atoms with van der Waals surface area (Å²) >= 11 is 0. The zero-order valence-electron chi connectivity index (χ0n) is 19.9. The van der Waals surface area contributed by atoms with Crippen LogP contribution in [-0.2, 0) is 9.63 Å². The van der Waals surface area contributed by atoms with Gasteiger partial charge in [0, 0.05) is 39.1 Å².